The molecule has 0 spiro atoms. The van der Waals surface area contributed by atoms with Crippen molar-refractivity contribution in [2.24, 2.45) is 0 Å². The Labute approximate surface area is 134 Å². The van der Waals surface area contributed by atoms with Crippen molar-refractivity contribution in [2.45, 2.75) is 25.1 Å². The van der Waals surface area contributed by atoms with Crippen LogP contribution in [0.25, 0.3) is 0 Å². The first-order valence-corrected chi connectivity index (χ1v) is 8.69. The molecule has 5 nitrogen and oxygen atoms in total. The maximum absolute atomic E-state index is 12.6. The minimum absolute atomic E-state index is 0.00999. The Morgan fingerprint density at radius 1 is 1.27 bits per heavy atom. The lowest BCUT2D eigenvalue weighted by atomic mass is 10.2. The number of hydrogen-bond donors (Lipinski definition) is 1. The molecule has 2 saturated heterocycles. The lowest BCUT2D eigenvalue weighted by Gasteiger charge is -2.34. The zero-order valence-corrected chi connectivity index (χ0v) is 13.2. The molecule has 2 aliphatic rings. The number of nitrogens with one attached hydrogen (secondary N) is 1. The van der Waals surface area contributed by atoms with Crippen LogP contribution in [-0.2, 0) is 20.9 Å². The predicted molar refractivity (Wildman–Crippen MR) is 85.5 cm³/mol. The average molecular weight is 320 g/mol. The van der Waals surface area contributed by atoms with Gasteiger partial charge < -0.3 is 15.0 Å². The van der Waals surface area contributed by atoms with Crippen LogP contribution in [0.5, 0.6) is 0 Å². The van der Waals surface area contributed by atoms with Gasteiger partial charge in [0.15, 0.2) is 0 Å². The fourth-order valence-electron chi connectivity index (χ4n) is 2.83. The number of amides is 2. The molecular formula is C16H20N2O3S. The van der Waals surface area contributed by atoms with Crippen molar-refractivity contribution in [1.29, 1.82) is 0 Å². The van der Waals surface area contributed by atoms with Crippen LogP contribution in [0, 0.1) is 0 Å². The van der Waals surface area contributed by atoms with E-state index in [4.69, 9.17) is 4.74 Å². The van der Waals surface area contributed by atoms with Gasteiger partial charge in [0.1, 0.15) is 6.04 Å². The van der Waals surface area contributed by atoms with Crippen molar-refractivity contribution >= 4 is 23.6 Å². The molecule has 2 fully saturated rings. The number of rotatable bonds is 4. The molecule has 6 heteroatoms. The monoisotopic (exact) mass is 320 g/mol. The Balaban J connectivity index is 1.59. The maximum Gasteiger partial charge on any atom is 0.247 e. The molecule has 0 aromatic heterocycles. The van der Waals surface area contributed by atoms with E-state index in [2.05, 4.69) is 5.32 Å². The van der Waals surface area contributed by atoms with E-state index in [0.29, 0.717) is 13.0 Å². The number of benzene rings is 1. The third-order valence-corrected chi connectivity index (χ3v) is 5.05. The van der Waals surface area contributed by atoms with Gasteiger partial charge in [0, 0.05) is 30.5 Å². The molecule has 0 radical (unpaired) electrons. The van der Waals surface area contributed by atoms with Gasteiger partial charge in [-0.1, -0.05) is 30.3 Å². The van der Waals surface area contributed by atoms with E-state index in [1.807, 2.05) is 35.2 Å². The lowest BCUT2D eigenvalue weighted by Crippen LogP contribution is -2.51. The number of thioether (sulfide) groups is 1. The molecule has 1 aromatic carbocycles. The van der Waals surface area contributed by atoms with Crippen LogP contribution in [0.15, 0.2) is 30.3 Å². The van der Waals surface area contributed by atoms with E-state index in [1.54, 1.807) is 11.8 Å². The van der Waals surface area contributed by atoms with Crippen LogP contribution in [0.2, 0.25) is 0 Å². The summed E-state index contributed by atoms with van der Waals surface area (Å²) in [6, 6.07) is 9.28. The van der Waals surface area contributed by atoms with E-state index < -0.39 is 6.04 Å². The molecule has 0 aliphatic carbocycles. The molecule has 1 aromatic rings. The van der Waals surface area contributed by atoms with Gasteiger partial charge in [-0.25, -0.2) is 0 Å². The highest BCUT2D eigenvalue weighted by Gasteiger charge is 2.37. The summed E-state index contributed by atoms with van der Waals surface area (Å²) >= 11 is 1.81. The van der Waals surface area contributed by atoms with Crippen LogP contribution in [-0.4, -0.2) is 53.5 Å². The molecule has 2 atom stereocenters. The minimum atomic E-state index is -0.565. The van der Waals surface area contributed by atoms with Crippen molar-refractivity contribution in [3.63, 3.8) is 0 Å². The second-order valence-corrected chi connectivity index (χ2v) is 6.74. The number of ether oxygens (including phenoxy) is 1. The molecule has 1 unspecified atom stereocenters. The molecule has 22 heavy (non-hydrogen) atoms. The Hall–Kier alpha value is -1.53. The van der Waals surface area contributed by atoms with Gasteiger partial charge in [0.25, 0.3) is 0 Å². The topological polar surface area (TPSA) is 58.6 Å². The van der Waals surface area contributed by atoms with Crippen molar-refractivity contribution in [2.75, 3.05) is 24.7 Å². The lowest BCUT2D eigenvalue weighted by molar-refractivity contribution is -0.136. The highest BCUT2D eigenvalue weighted by Crippen LogP contribution is 2.22. The molecule has 1 N–H and O–H groups in total. The van der Waals surface area contributed by atoms with Crippen molar-refractivity contribution < 1.29 is 14.3 Å². The Bertz CT molecular complexity index is 537. The van der Waals surface area contributed by atoms with Crippen LogP contribution >= 0.6 is 11.8 Å². The second-order valence-electron chi connectivity index (χ2n) is 5.59. The fraction of sp³-hybridized carbons (Fsp3) is 0.500. The quantitative estimate of drug-likeness (QED) is 0.900. The Morgan fingerprint density at radius 3 is 2.91 bits per heavy atom. The summed E-state index contributed by atoms with van der Waals surface area (Å²) in [5.74, 6) is 1.71. The Morgan fingerprint density at radius 2 is 2.09 bits per heavy atom. The first-order chi connectivity index (χ1) is 10.7. The van der Waals surface area contributed by atoms with Crippen LogP contribution in [0.1, 0.15) is 12.0 Å². The van der Waals surface area contributed by atoms with Gasteiger partial charge in [0.2, 0.25) is 11.8 Å². The predicted octanol–water partition coefficient (Wildman–Crippen LogP) is 1.04. The summed E-state index contributed by atoms with van der Waals surface area (Å²) in [5.41, 5.74) is 1.06. The first-order valence-electron chi connectivity index (χ1n) is 7.53. The second kappa shape index (κ2) is 7.15. The largest absolute Gasteiger partial charge is 0.374 e. The standard InChI is InChI=1S/C16H20N2O3S/c19-15-8-13-11-22-7-6-18(13)16(20)14(17-15)10-21-9-12-4-2-1-3-5-12/h1-5,13-14H,6-11H2,(H,17,19)/t13?,14-/m0/s1. The zero-order valence-electron chi connectivity index (χ0n) is 12.4. The smallest absolute Gasteiger partial charge is 0.247 e. The van der Waals surface area contributed by atoms with Gasteiger partial charge >= 0.3 is 0 Å². The van der Waals surface area contributed by atoms with E-state index in [-0.39, 0.29) is 24.5 Å². The average Bonchev–Trinajstić information content (AvgIpc) is 2.66. The van der Waals surface area contributed by atoms with E-state index in [1.165, 1.54) is 0 Å². The van der Waals surface area contributed by atoms with E-state index in [9.17, 15) is 9.59 Å². The van der Waals surface area contributed by atoms with Crippen molar-refractivity contribution in [1.82, 2.24) is 10.2 Å². The summed E-state index contributed by atoms with van der Waals surface area (Å²) in [4.78, 5) is 26.4. The summed E-state index contributed by atoms with van der Waals surface area (Å²) < 4.78 is 5.65. The SMILES string of the molecule is O=C1CC2CSCCN2C(=O)[C@H](COCc2ccccc2)N1. The zero-order chi connectivity index (χ0) is 15.4. The van der Waals surface area contributed by atoms with Crippen LogP contribution in [0.3, 0.4) is 0 Å². The number of carbonyl (C=O) groups is 2. The molecule has 118 valence electrons. The highest BCUT2D eigenvalue weighted by atomic mass is 32.2. The Kier molecular flexibility index (Phi) is 5.00. The van der Waals surface area contributed by atoms with Gasteiger partial charge in [-0.3, -0.25) is 9.59 Å². The van der Waals surface area contributed by atoms with Crippen LogP contribution in [0.4, 0.5) is 0 Å². The van der Waals surface area contributed by atoms with Gasteiger partial charge in [-0.2, -0.15) is 11.8 Å². The molecular weight excluding hydrogens is 300 g/mol. The first kappa shape index (κ1) is 15.4. The molecule has 2 aliphatic heterocycles. The normalized spacial score (nSPS) is 25.4. The maximum atomic E-state index is 12.6. The summed E-state index contributed by atoms with van der Waals surface area (Å²) in [6.07, 6.45) is 0.397. The molecule has 3 rings (SSSR count). The van der Waals surface area contributed by atoms with Crippen molar-refractivity contribution in [3.8, 4) is 0 Å². The molecule has 0 saturated carbocycles. The molecule has 2 amide bonds. The highest BCUT2D eigenvalue weighted by molar-refractivity contribution is 7.99. The van der Waals surface area contributed by atoms with Gasteiger partial charge in [-0.05, 0) is 5.56 Å². The third kappa shape index (κ3) is 3.62. The van der Waals surface area contributed by atoms with Gasteiger partial charge in [0.05, 0.1) is 13.2 Å². The number of fused-ring (bicyclic) bond motifs is 1. The third-order valence-electron chi connectivity index (χ3n) is 3.96. The molecule has 2 heterocycles. The summed E-state index contributed by atoms with van der Waals surface area (Å²) in [6.45, 7) is 1.38. The number of nitrogens with zero attached hydrogens (tertiary/aromatic N) is 1. The molecule has 0 bridgehead atoms. The van der Waals surface area contributed by atoms with Crippen LogP contribution < -0.4 is 5.32 Å². The number of hydrogen-bond acceptors (Lipinski definition) is 4. The fourth-order valence-corrected chi connectivity index (χ4v) is 3.89. The van der Waals surface area contributed by atoms with Gasteiger partial charge in [-0.15, -0.1) is 0 Å². The minimum Gasteiger partial charge on any atom is -0.374 e. The van der Waals surface area contributed by atoms with E-state index >= 15 is 0 Å². The summed E-state index contributed by atoms with van der Waals surface area (Å²) in [7, 11) is 0. The van der Waals surface area contributed by atoms with E-state index in [0.717, 1.165) is 23.6 Å². The summed E-state index contributed by atoms with van der Waals surface area (Å²) in [5, 5.41) is 2.81. The van der Waals surface area contributed by atoms with Crippen molar-refractivity contribution in [3.05, 3.63) is 35.9 Å². The number of carbonyl (C=O) groups excluding carboxylic acids is 2.